The molecule has 0 heterocycles. The number of nitrogens with zero attached hydrogens (tertiary/aromatic N) is 1. The molecule has 0 radical (unpaired) electrons. The van der Waals surface area contributed by atoms with Gasteiger partial charge in [-0.1, -0.05) is 6.07 Å². The number of benzene rings is 1. The number of nitro groups is 1. The summed E-state index contributed by atoms with van der Waals surface area (Å²) in [6.45, 7) is 2.39. The molecule has 1 atom stereocenters. The summed E-state index contributed by atoms with van der Waals surface area (Å²) in [5.41, 5.74) is 6.20. The van der Waals surface area contributed by atoms with Crippen molar-refractivity contribution >= 4 is 5.69 Å². The fraction of sp³-hybridized carbons (Fsp3) is 0.455. The SMILES string of the molecule is COC(C)COc1cc(CN)ccc1[N+](=O)[O-]. The quantitative estimate of drug-likeness (QED) is 0.600. The Morgan fingerprint density at radius 1 is 1.53 bits per heavy atom. The maximum absolute atomic E-state index is 10.8. The van der Waals surface area contributed by atoms with Crippen molar-refractivity contribution in [3.8, 4) is 5.75 Å². The molecule has 0 spiro atoms. The van der Waals surface area contributed by atoms with E-state index in [2.05, 4.69) is 0 Å². The van der Waals surface area contributed by atoms with E-state index in [1.165, 1.54) is 6.07 Å². The maximum atomic E-state index is 10.8. The molecule has 6 nitrogen and oxygen atoms in total. The Balaban J connectivity index is 2.89. The van der Waals surface area contributed by atoms with Gasteiger partial charge in [-0.05, 0) is 18.6 Å². The van der Waals surface area contributed by atoms with E-state index in [-0.39, 0.29) is 24.1 Å². The molecule has 6 heteroatoms. The molecule has 0 aliphatic carbocycles. The zero-order valence-corrected chi connectivity index (χ0v) is 9.88. The molecular formula is C11H16N2O4. The third kappa shape index (κ3) is 3.69. The number of methoxy groups -OCH3 is 1. The van der Waals surface area contributed by atoms with Crippen LogP contribution in [0.5, 0.6) is 5.75 Å². The molecule has 1 unspecified atom stereocenters. The fourth-order valence-electron chi connectivity index (χ4n) is 1.23. The highest BCUT2D eigenvalue weighted by Gasteiger charge is 2.16. The summed E-state index contributed by atoms with van der Waals surface area (Å²) in [6, 6.07) is 4.60. The zero-order chi connectivity index (χ0) is 12.8. The first-order valence-electron chi connectivity index (χ1n) is 5.21. The van der Waals surface area contributed by atoms with Gasteiger partial charge in [0.25, 0.3) is 0 Å². The molecule has 0 aliphatic heterocycles. The number of nitrogens with two attached hydrogens (primary N) is 1. The number of rotatable bonds is 6. The molecule has 94 valence electrons. The van der Waals surface area contributed by atoms with E-state index >= 15 is 0 Å². The highest BCUT2D eigenvalue weighted by Crippen LogP contribution is 2.28. The second-order valence-corrected chi connectivity index (χ2v) is 3.62. The van der Waals surface area contributed by atoms with Crippen LogP contribution in [0.25, 0.3) is 0 Å². The van der Waals surface area contributed by atoms with Crippen LogP contribution in [0.3, 0.4) is 0 Å². The van der Waals surface area contributed by atoms with Crippen LogP contribution in [0.1, 0.15) is 12.5 Å². The van der Waals surface area contributed by atoms with Crippen molar-refractivity contribution in [1.82, 2.24) is 0 Å². The molecule has 0 aliphatic rings. The summed E-state index contributed by atoms with van der Waals surface area (Å²) in [4.78, 5) is 10.3. The molecule has 0 bridgehead atoms. The van der Waals surface area contributed by atoms with Gasteiger partial charge in [-0.2, -0.15) is 0 Å². The van der Waals surface area contributed by atoms with E-state index in [1.807, 2.05) is 6.92 Å². The summed E-state index contributed by atoms with van der Waals surface area (Å²) in [5.74, 6) is 0.224. The van der Waals surface area contributed by atoms with Crippen LogP contribution >= 0.6 is 0 Å². The van der Waals surface area contributed by atoms with Gasteiger partial charge >= 0.3 is 5.69 Å². The zero-order valence-electron chi connectivity index (χ0n) is 9.88. The molecular weight excluding hydrogens is 224 g/mol. The largest absolute Gasteiger partial charge is 0.484 e. The van der Waals surface area contributed by atoms with Crippen LogP contribution in [-0.4, -0.2) is 24.7 Å². The average molecular weight is 240 g/mol. The van der Waals surface area contributed by atoms with Crippen LogP contribution in [0.15, 0.2) is 18.2 Å². The molecule has 0 fully saturated rings. The van der Waals surface area contributed by atoms with Crippen LogP contribution in [0, 0.1) is 10.1 Å². The second kappa shape index (κ2) is 6.17. The minimum atomic E-state index is -0.479. The van der Waals surface area contributed by atoms with Gasteiger partial charge in [0.05, 0.1) is 11.0 Å². The Hall–Kier alpha value is -1.66. The second-order valence-electron chi connectivity index (χ2n) is 3.62. The molecule has 1 aromatic carbocycles. The lowest BCUT2D eigenvalue weighted by atomic mass is 10.2. The Bertz CT molecular complexity index is 395. The maximum Gasteiger partial charge on any atom is 0.310 e. The van der Waals surface area contributed by atoms with Gasteiger partial charge < -0.3 is 15.2 Å². The summed E-state index contributed by atoms with van der Waals surface area (Å²) < 4.78 is 10.4. The molecule has 17 heavy (non-hydrogen) atoms. The fourth-order valence-corrected chi connectivity index (χ4v) is 1.23. The van der Waals surface area contributed by atoms with Gasteiger partial charge in [0, 0.05) is 19.7 Å². The molecule has 1 rings (SSSR count). The number of ether oxygens (including phenoxy) is 2. The first kappa shape index (κ1) is 13.4. The van der Waals surface area contributed by atoms with Gasteiger partial charge in [-0.25, -0.2) is 0 Å². The molecule has 1 aromatic rings. The summed E-state index contributed by atoms with van der Waals surface area (Å²) >= 11 is 0. The van der Waals surface area contributed by atoms with Gasteiger partial charge in [-0.15, -0.1) is 0 Å². The number of nitro benzene ring substituents is 1. The van der Waals surface area contributed by atoms with Crippen molar-refractivity contribution in [3.05, 3.63) is 33.9 Å². The third-order valence-corrected chi connectivity index (χ3v) is 2.33. The van der Waals surface area contributed by atoms with Crippen molar-refractivity contribution in [3.63, 3.8) is 0 Å². The minimum Gasteiger partial charge on any atom is -0.484 e. The average Bonchev–Trinajstić information content (AvgIpc) is 2.35. The van der Waals surface area contributed by atoms with Gasteiger partial charge in [-0.3, -0.25) is 10.1 Å². The van der Waals surface area contributed by atoms with Crippen LogP contribution < -0.4 is 10.5 Å². The smallest absolute Gasteiger partial charge is 0.310 e. The first-order valence-corrected chi connectivity index (χ1v) is 5.21. The Morgan fingerprint density at radius 2 is 2.24 bits per heavy atom. The van der Waals surface area contributed by atoms with Gasteiger partial charge in [0.15, 0.2) is 5.75 Å². The Labute approximate surface area is 99.5 Å². The lowest BCUT2D eigenvalue weighted by molar-refractivity contribution is -0.385. The van der Waals surface area contributed by atoms with Crippen molar-refractivity contribution in [2.75, 3.05) is 13.7 Å². The first-order chi connectivity index (χ1) is 8.08. The van der Waals surface area contributed by atoms with Gasteiger partial charge in [0.2, 0.25) is 0 Å². The summed E-state index contributed by atoms with van der Waals surface area (Å²) in [7, 11) is 1.55. The summed E-state index contributed by atoms with van der Waals surface area (Å²) in [6.07, 6.45) is -0.129. The molecule has 0 amide bonds. The van der Waals surface area contributed by atoms with Crippen LogP contribution in [-0.2, 0) is 11.3 Å². The highest BCUT2D eigenvalue weighted by atomic mass is 16.6. The van der Waals surface area contributed by atoms with Crippen molar-refractivity contribution in [2.24, 2.45) is 5.73 Å². The van der Waals surface area contributed by atoms with E-state index in [4.69, 9.17) is 15.2 Å². The van der Waals surface area contributed by atoms with Crippen molar-refractivity contribution < 1.29 is 14.4 Å². The predicted octanol–water partition coefficient (Wildman–Crippen LogP) is 1.47. The lowest BCUT2D eigenvalue weighted by Gasteiger charge is -2.12. The van der Waals surface area contributed by atoms with E-state index in [9.17, 15) is 10.1 Å². The normalized spacial score (nSPS) is 12.2. The molecule has 0 aromatic heterocycles. The molecule has 0 saturated carbocycles. The lowest BCUT2D eigenvalue weighted by Crippen LogP contribution is -2.16. The Kier molecular flexibility index (Phi) is 4.86. The van der Waals surface area contributed by atoms with Gasteiger partial charge in [0.1, 0.15) is 6.61 Å². The summed E-state index contributed by atoms with van der Waals surface area (Å²) in [5, 5.41) is 10.8. The molecule has 0 saturated heterocycles. The topological polar surface area (TPSA) is 87.6 Å². The monoisotopic (exact) mass is 240 g/mol. The molecule has 2 N–H and O–H groups in total. The number of hydrogen-bond acceptors (Lipinski definition) is 5. The van der Waals surface area contributed by atoms with E-state index in [0.29, 0.717) is 6.54 Å². The third-order valence-electron chi connectivity index (χ3n) is 2.33. The number of hydrogen-bond donors (Lipinski definition) is 1. The standard InChI is InChI=1S/C11H16N2O4/c1-8(16-2)7-17-11-5-9(6-12)3-4-10(11)13(14)15/h3-5,8H,6-7,12H2,1-2H3. The van der Waals surface area contributed by atoms with Crippen LogP contribution in [0.2, 0.25) is 0 Å². The van der Waals surface area contributed by atoms with E-state index in [0.717, 1.165) is 5.56 Å². The van der Waals surface area contributed by atoms with Crippen LogP contribution in [0.4, 0.5) is 5.69 Å². The highest BCUT2D eigenvalue weighted by molar-refractivity contribution is 5.48. The Morgan fingerprint density at radius 3 is 2.76 bits per heavy atom. The van der Waals surface area contributed by atoms with Crippen molar-refractivity contribution in [1.29, 1.82) is 0 Å². The van der Waals surface area contributed by atoms with E-state index in [1.54, 1.807) is 19.2 Å². The van der Waals surface area contributed by atoms with Crippen molar-refractivity contribution in [2.45, 2.75) is 19.6 Å². The minimum absolute atomic E-state index is 0.0643. The predicted molar refractivity (Wildman–Crippen MR) is 63.0 cm³/mol. The van der Waals surface area contributed by atoms with E-state index < -0.39 is 4.92 Å².